The zero-order valence-electron chi connectivity index (χ0n) is 13.2. The highest BCUT2D eigenvalue weighted by Gasteiger charge is 2.26. The monoisotopic (exact) mass is 290 g/mol. The lowest BCUT2D eigenvalue weighted by Gasteiger charge is -2.36. The first-order chi connectivity index (χ1) is 10.1. The van der Waals surface area contributed by atoms with Gasteiger partial charge in [0.25, 0.3) is 0 Å². The Morgan fingerprint density at radius 1 is 1.43 bits per heavy atom. The Bertz CT molecular complexity index is 449. The summed E-state index contributed by atoms with van der Waals surface area (Å²) in [5.74, 6) is -0.402. The lowest BCUT2D eigenvalue weighted by atomic mass is 9.96. The quantitative estimate of drug-likeness (QED) is 0.842. The van der Waals surface area contributed by atoms with Gasteiger partial charge in [-0.15, -0.1) is 0 Å². The van der Waals surface area contributed by atoms with Crippen LogP contribution in [0.5, 0.6) is 0 Å². The van der Waals surface area contributed by atoms with E-state index in [2.05, 4.69) is 24.2 Å². The van der Waals surface area contributed by atoms with Gasteiger partial charge in [-0.1, -0.05) is 30.3 Å². The van der Waals surface area contributed by atoms with E-state index in [-0.39, 0.29) is 11.9 Å². The van der Waals surface area contributed by atoms with Crippen LogP contribution in [0.15, 0.2) is 30.3 Å². The minimum absolute atomic E-state index is 0.172. The summed E-state index contributed by atoms with van der Waals surface area (Å²) in [6.07, 6.45) is 2.25. The summed E-state index contributed by atoms with van der Waals surface area (Å²) in [4.78, 5) is 14.4. The summed E-state index contributed by atoms with van der Waals surface area (Å²) in [5, 5.41) is 3.56. The molecule has 0 aromatic heterocycles. The molecule has 21 heavy (non-hydrogen) atoms. The highest BCUT2D eigenvalue weighted by Crippen LogP contribution is 2.19. The molecule has 3 unspecified atom stereocenters. The van der Waals surface area contributed by atoms with Crippen molar-refractivity contribution in [1.29, 1.82) is 0 Å². The highest BCUT2D eigenvalue weighted by atomic mass is 16.5. The maximum absolute atomic E-state index is 12.0. The topological polar surface area (TPSA) is 41.6 Å². The summed E-state index contributed by atoms with van der Waals surface area (Å²) in [6, 6.07) is 10.9. The van der Waals surface area contributed by atoms with Gasteiger partial charge in [0.1, 0.15) is 0 Å². The molecular formula is C17H26N2O2. The number of likely N-dealkylation sites (tertiary alicyclic amines) is 1. The number of nitrogens with zero attached hydrogens (tertiary/aromatic N) is 1. The van der Waals surface area contributed by atoms with Crippen LogP contribution in [0.1, 0.15) is 31.2 Å². The fourth-order valence-corrected chi connectivity index (χ4v) is 2.92. The molecule has 4 nitrogen and oxygen atoms in total. The smallest absolute Gasteiger partial charge is 0.314 e. The predicted molar refractivity (Wildman–Crippen MR) is 84.3 cm³/mol. The molecule has 0 radical (unpaired) electrons. The number of nitrogens with one attached hydrogen (secondary N) is 1. The maximum atomic E-state index is 12.0. The zero-order valence-corrected chi connectivity index (χ0v) is 13.2. The van der Waals surface area contributed by atoms with Gasteiger partial charge in [0.05, 0.1) is 13.0 Å². The summed E-state index contributed by atoms with van der Waals surface area (Å²) in [6.45, 7) is 3.99. The Hall–Kier alpha value is -1.39. The molecule has 116 valence electrons. The molecule has 0 saturated carbocycles. The van der Waals surface area contributed by atoms with Gasteiger partial charge in [0, 0.05) is 18.6 Å². The lowest BCUT2D eigenvalue weighted by Crippen LogP contribution is -2.46. The fourth-order valence-electron chi connectivity index (χ4n) is 2.92. The van der Waals surface area contributed by atoms with Crippen molar-refractivity contribution in [2.75, 3.05) is 27.2 Å². The van der Waals surface area contributed by atoms with Crippen LogP contribution in [0, 0.1) is 0 Å². The van der Waals surface area contributed by atoms with E-state index in [4.69, 9.17) is 4.74 Å². The Morgan fingerprint density at radius 2 is 2.14 bits per heavy atom. The van der Waals surface area contributed by atoms with E-state index in [1.807, 2.05) is 30.3 Å². The van der Waals surface area contributed by atoms with Crippen molar-refractivity contribution in [3.8, 4) is 0 Å². The summed E-state index contributed by atoms with van der Waals surface area (Å²) < 4.78 is 4.96. The van der Waals surface area contributed by atoms with Crippen LogP contribution in [0.4, 0.5) is 0 Å². The van der Waals surface area contributed by atoms with Gasteiger partial charge in [-0.25, -0.2) is 0 Å². The molecule has 2 rings (SSSR count). The molecular weight excluding hydrogens is 264 g/mol. The van der Waals surface area contributed by atoms with Crippen molar-refractivity contribution < 1.29 is 9.53 Å². The average Bonchev–Trinajstić information content (AvgIpc) is 2.51. The van der Waals surface area contributed by atoms with Crippen LogP contribution in [-0.4, -0.2) is 50.2 Å². The SMILES string of the molecule is COC(=O)C(CNC1CCN(C)C(C)C1)c1ccccc1. The number of benzene rings is 1. The van der Waals surface area contributed by atoms with Crippen molar-refractivity contribution >= 4 is 5.97 Å². The molecule has 0 spiro atoms. The first-order valence-electron chi connectivity index (χ1n) is 7.68. The molecule has 1 aliphatic heterocycles. The first kappa shape index (κ1) is 16.0. The van der Waals surface area contributed by atoms with E-state index in [9.17, 15) is 4.79 Å². The van der Waals surface area contributed by atoms with E-state index in [1.165, 1.54) is 7.11 Å². The van der Waals surface area contributed by atoms with E-state index < -0.39 is 0 Å². The minimum Gasteiger partial charge on any atom is -0.469 e. The number of rotatable bonds is 5. The van der Waals surface area contributed by atoms with Crippen LogP contribution in [0.25, 0.3) is 0 Å². The second-order valence-electron chi connectivity index (χ2n) is 5.95. The van der Waals surface area contributed by atoms with Crippen molar-refractivity contribution in [3.63, 3.8) is 0 Å². The number of carbonyl (C=O) groups is 1. The van der Waals surface area contributed by atoms with Gasteiger partial charge >= 0.3 is 5.97 Å². The van der Waals surface area contributed by atoms with Crippen molar-refractivity contribution in [2.45, 2.75) is 37.8 Å². The van der Waals surface area contributed by atoms with E-state index in [1.54, 1.807) is 0 Å². The Balaban J connectivity index is 1.95. The molecule has 1 heterocycles. The van der Waals surface area contributed by atoms with Gasteiger partial charge in [-0.2, -0.15) is 0 Å². The van der Waals surface area contributed by atoms with Gasteiger partial charge in [-0.05, 0) is 38.9 Å². The first-order valence-corrected chi connectivity index (χ1v) is 7.68. The number of hydrogen-bond donors (Lipinski definition) is 1. The van der Waals surface area contributed by atoms with Crippen LogP contribution >= 0.6 is 0 Å². The number of hydrogen-bond acceptors (Lipinski definition) is 4. The zero-order chi connectivity index (χ0) is 15.2. The maximum Gasteiger partial charge on any atom is 0.314 e. The number of esters is 1. The number of carbonyl (C=O) groups excluding carboxylic acids is 1. The third kappa shape index (κ3) is 4.29. The summed E-state index contributed by atoms with van der Waals surface area (Å²) in [5.41, 5.74) is 1.01. The molecule has 3 atom stereocenters. The van der Waals surface area contributed by atoms with Gasteiger partial charge in [0.2, 0.25) is 0 Å². The Kier molecular flexibility index (Phi) is 5.76. The van der Waals surface area contributed by atoms with E-state index in [0.717, 1.165) is 24.9 Å². The van der Waals surface area contributed by atoms with Crippen LogP contribution < -0.4 is 5.32 Å². The molecule has 0 aliphatic carbocycles. The highest BCUT2D eigenvalue weighted by molar-refractivity contribution is 5.78. The molecule has 4 heteroatoms. The van der Waals surface area contributed by atoms with E-state index >= 15 is 0 Å². The van der Waals surface area contributed by atoms with Crippen LogP contribution in [0.2, 0.25) is 0 Å². The average molecular weight is 290 g/mol. The molecule has 0 bridgehead atoms. The third-order valence-corrected chi connectivity index (χ3v) is 4.51. The normalized spacial score (nSPS) is 24.5. The lowest BCUT2D eigenvalue weighted by molar-refractivity contribution is -0.142. The van der Waals surface area contributed by atoms with Gasteiger partial charge < -0.3 is 15.0 Å². The van der Waals surface area contributed by atoms with Crippen molar-refractivity contribution in [2.24, 2.45) is 0 Å². The molecule has 1 saturated heterocycles. The second-order valence-corrected chi connectivity index (χ2v) is 5.95. The largest absolute Gasteiger partial charge is 0.469 e. The molecule has 1 aromatic rings. The summed E-state index contributed by atoms with van der Waals surface area (Å²) in [7, 11) is 3.62. The Labute approximate surface area is 127 Å². The number of ether oxygens (including phenoxy) is 1. The number of methoxy groups -OCH3 is 1. The van der Waals surface area contributed by atoms with Crippen molar-refractivity contribution in [3.05, 3.63) is 35.9 Å². The molecule has 1 aliphatic rings. The van der Waals surface area contributed by atoms with Crippen molar-refractivity contribution in [1.82, 2.24) is 10.2 Å². The standard InChI is InChI=1S/C17H26N2O2/c1-13-11-15(9-10-19(13)2)18-12-16(17(20)21-3)14-7-5-4-6-8-14/h4-8,13,15-16,18H,9-12H2,1-3H3. The van der Waals surface area contributed by atoms with Gasteiger partial charge in [-0.3, -0.25) is 4.79 Å². The van der Waals surface area contributed by atoms with Crippen LogP contribution in [0.3, 0.4) is 0 Å². The molecule has 1 aromatic carbocycles. The van der Waals surface area contributed by atoms with Gasteiger partial charge in [0.15, 0.2) is 0 Å². The minimum atomic E-state index is -0.230. The Morgan fingerprint density at radius 3 is 2.76 bits per heavy atom. The molecule has 0 amide bonds. The fraction of sp³-hybridized carbons (Fsp3) is 0.588. The third-order valence-electron chi connectivity index (χ3n) is 4.51. The molecule has 1 fully saturated rings. The van der Waals surface area contributed by atoms with E-state index in [0.29, 0.717) is 18.6 Å². The second kappa shape index (κ2) is 7.57. The summed E-state index contributed by atoms with van der Waals surface area (Å²) >= 11 is 0. The predicted octanol–water partition coefficient (Wildman–Crippen LogP) is 2.02. The van der Waals surface area contributed by atoms with Crippen LogP contribution in [-0.2, 0) is 9.53 Å². The number of piperidine rings is 1. The molecule has 1 N–H and O–H groups in total.